The Bertz CT molecular complexity index is 580. The van der Waals surface area contributed by atoms with Gasteiger partial charge in [-0.25, -0.2) is 9.59 Å². The Morgan fingerprint density at radius 3 is 1.95 bits per heavy atom. The SMILES string of the molecule is CC(C)(C)c1cc(OC(=O)CN=C=O)cc(C(C)(C)C)c1O. The van der Waals surface area contributed by atoms with Crippen LogP contribution in [0.3, 0.4) is 0 Å². The van der Waals surface area contributed by atoms with E-state index in [2.05, 4.69) is 4.99 Å². The normalized spacial score (nSPS) is 11.7. The van der Waals surface area contributed by atoms with E-state index in [1.165, 1.54) is 6.08 Å². The van der Waals surface area contributed by atoms with Gasteiger partial charge in [0.1, 0.15) is 18.0 Å². The molecule has 1 aromatic carbocycles. The molecule has 0 amide bonds. The van der Waals surface area contributed by atoms with E-state index in [-0.39, 0.29) is 23.1 Å². The van der Waals surface area contributed by atoms with Crippen LogP contribution in [0.2, 0.25) is 0 Å². The van der Waals surface area contributed by atoms with Crippen LogP contribution in [0.1, 0.15) is 52.7 Å². The van der Waals surface area contributed by atoms with Gasteiger partial charge < -0.3 is 9.84 Å². The lowest BCUT2D eigenvalue weighted by Gasteiger charge is -2.27. The third-order valence-electron chi connectivity index (χ3n) is 3.20. The predicted octanol–water partition coefficient (Wildman–Crippen LogP) is 3.23. The van der Waals surface area contributed by atoms with Gasteiger partial charge in [-0.1, -0.05) is 41.5 Å². The number of phenols is 1. The standard InChI is InChI=1S/C17H23NO4/c1-16(2,3)12-7-11(22-14(20)9-18-10-19)8-13(15(12)21)17(4,5)6/h7-8,21H,9H2,1-6H3. The number of phenolic OH excluding ortho intramolecular Hbond substituents is 1. The average molecular weight is 305 g/mol. The molecular formula is C17H23NO4. The molecule has 5 heteroatoms. The number of esters is 1. The highest BCUT2D eigenvalue weighted by Gasteiger charge is 2.27. The van der Waals surface area contributed by atoms with Crippen LogP contribution in [0.15, 0.2) is 17.1 Å². The third kappa shape index (κ3) is 4.43. The summed E-state index contributed by atoms with van der Waals surface area (Å²) in [5.41, 5.74) is 0.768. The number of hydrogen-bond acceptors (Lipinski definition) is 5. The van der Waals surface area contributed by atoms with Crippen LogP contribution in [0, 0.1) is 0 Å². The van der Waals surface area contributed by atoms with Crippen molar-refractivity contribution in [3.63, 3.8) is 0 Å². The maximum atomic E-state index is 11.6. The van der Waals surface area contributed by atoms with Gasteiger partial charge >= 0.3 is 5.97 Å². The Morgan fingerprint density at radius 2 is 1.59 bits per heavy atom. The molecule has 1 N–H and O–H groups in total. The number of aliphatic imine (C=N–C) groups is 1. The van der Waals surface area contributed by atoms with Crippen molar-refractivity contribution in [1.29, 1.82) is 0 Å². The summed E-state index contributed by atoms with van der Waals surface area (Å²) < 4.78 is 5.22. The first-order chi connectivity index (χ1) is 9.96. The van der Waals surface area contributed by atoms with Crippen molar-refractivity contribution in [2.24, 2.45) is 4.99 Å². The molecule has 0 saturated heterocycles. The van der Waals surface area contributed by atoms with Crippen LogP contribution in [0.25, 0.3) is 0 Å². The molecule has 0 radical (unpaired) electrons. The van der Waals surface area contributed by atoms with Crippen LogP contribution in [-0.4, -0.2) is 23.7 Å². The van der Waals surface area contributed by atoms with E-state index in [1.54, 1.807) is 12.1 Å². The minimum absolute atomic E-state index is 0.214. The zero-order valence-electron chi connectivity index (χ0n) is 14.0. The average Bonchev–Trinajstić information content (AvgIpc) is 2.35. The van der Waals surface area contributed by atoms with Crippen molar-refractivity contribution < 1.29 is 19.4 Å². The van der Waals surface area contributed by atoms with E-state index in [4.69, 9.17) is 4.74 Å². The Morgan fingerprint density at radius 1 is 1.14 bits per heavy atom. The monoisotopic (exact) mass is 305 g/mol. The first-order valence-corrected chi connectivity index (χ1v) is 7.09. The number of aromatic hydroxyl groups is 1. The van der Waals surface area contributed by atoms with Gasteiger partial charge in [-0.15, -0.1) is 0 Å². The maximum absolute atomic E-state index is 11.6. The summed E-state index contributed by atoms with van der Waals surface area (Å²) in [5, 5.41) is 10.5. The molecule has 0 saturated carbocycles. The zero-order chi connectivity index (χ0) is 17.1. The summed E-state index contributed by atoms with van der Waals surface area (Å²) in [4.78, 5) is 24.9. The lowest BCUT2D eigenvalue weighted by atomic mass is 9.79. The number of isocyanates is 1. The second-order valence-corrected chi connectivity index (χ2v) is 7.25. The fourth-order valence-electron chi connectivity index (χ4n) is 2.07. The van der Waals surface area contributed by atoms with Crippen LogP contribution in [0.4, 0.5) is 0 Å². The molecule has 0 aliphatic rings. The largest absolute Gasteiger partial charge is 0.507 e. The second-order valence-electron chi connectivity index (χ2n) is 7.25. The van der Waals surface area contributed by atoms with E-state index in [9.17, 15) is 14.7 Å². The highest BCUT2D eigenvalue weighted by atomic mass is 16.5. The number of hydrogen-bond donors (Lipinski definition) is 1. The van der Waals surface area contributed by atoms with Gasteiger partial charge in [0.05, 0.1) is 0 Å². The minimum atomic E-state index is -0.645. The van der Waals surface area contributed by atoms with Gasteiger partial charge in [-0.3, -0.25) is 0 Å². The van der Waals surface area contributed by atoms with Gasteiger partial charge in [0, 0.05) is 11.1 Å². The van der Waals surface area contributed by atoms with Crippen LogP contribution in [-0.2, 0) is 20.4 Å². The fourth-order valence-corrected chi connectivity index (χ4v) is 2.07. The molecule has 120 valence electrons. The predicted molar refractivity (Wildman–Crippen MR) is 84.1 cm³/mol. The number of nitrogens with zero attached hydrogens (tertiary/aromatic N) is 1. The molecule has 0 spiro atoms. The molecule has 0 fully saturated rings. The second kappa shape index (κ2) is 6.32. The number of rotatable bonds is 3. The molecule has 0 bridgehead atoms. The van der Waals surface area contributed by atoms with Gasteiger partial charge in [-0.2, -0.15) is 4.99 Å². The van der Waals surface area contributed by atoms with Crippen LogP contribution >= 0.6 is 0 Å². The Labute approximate surface area is 131 Å². The van der Waals surface area contributed by atoms with E-state index < -0.39 is 5.97 Å². The summed E-state index contributed by atoms with van der Waals surface area (Å²) in [6, 6.07) is 3.29. The lowest BCUT2D eigenvalue weighted by molar-refractivity contribution is -0.132. The first kappa shape index (κ1) is 17.9. The van der Waals surface area contributed by atoms with Gasteiger partial charge in [0.25, 0.3) is 0 Å². The smallest absolute Gasteiger partial charge is 0.334 e. The highest BCUT2D eigenvalue weighted by molar-refractivity contribution is 5.75. The molecule has 1 rings (SSSR count). The number of benzene rings is 1. The van der Waals surface area contributed by atoms with Crippen LogP contribution in [0.5, 0.6) is 11.5 Å². The van der Waals surface area contributed by atoms with Crippen molar-refractivity contribution in [3.8, 4) is 11.5 Å². The van der Waals surface area contributed by atoms with E-state index in [0.717, 1.165) is 0 Å². The highest BCUT2D eigenvalue weighted by Crippen LogP contribution is 2.41. The number of carbonyl (C=O) groups is 1. The molecule has 5 nitrogen and oxygen atoms in total. The molecule has 0 unspecified atom stereocenters. The van der Waals surface area contributed by atoms with E-state index >= 15 is 0 Å². The van der Waals surface area contributed by atoms with Crippen molar-refractivity contribution in [1.82, 2.24) is 0 Å². The zero-order valence-corrected chi connectivity index (χ0v) is 14.0. The third-order valence-corrected chi connectivity index (χ3v) is 3.20. The number of ether oxygens (including phenoxy) is 1. The number of carbonyl (C=O) groups excluding carboxylic acids is 2. The van der Waals surface area contributed by atoms with Crippen LogP contribution < -0.4 is 4.74 Å². The molecule has 0 aromatic heterocycles. The maximum Gasteiger partial charge on any atom is 0.334 e. The summed E-state index contributed by atoms with van der Waals surface area (Å²) in [6.07, 6.45) is 1.30. The molecule has 1 aromatic rings. The van der Waals surface area contributed by atoms with Crippen molar-refractivity contribution in [2.75, 3.05) is 6.54 Å². The fraction of sp³-hybridized carbons (Fsp3) is 0.529. The molecule has 0 atom stereocenters. The van der Waals surface area contributed by atoms with Gasteiger partial charge in [0.15, 0.2) is 0 Å². The molecule has 0 heterocycles. The minimum Gasteiger partial charge on any atom is -0.507 e. The summed E-state index contributed by atoms with van der Waals surface area (Å²) >= 11 is 0. The molecule has 0 aliphatic carbocycles. The summed E-state index contributed by atoms with van der Waals surface area (Å²) in [5.74, 6) is -0.0989. The molecule has 0 aliphatic heterocycles. The topological polar surface area (TPSA) is 76.0 Å². The quantitative estimate of drug-likeness (QED) is 0.402. The van der Waals surface area contributed by atoms with Crippen molar-refractivity contribution in [3.05, 3.63) is 23.3 Å². The summed E-state index contributed by atoms with van der Waals surface area (Å²) in [6.45, 7) is 11.4. The van der Waals surface area contributed by atoms with E-state index in [0.29, 0.717) is 16.9 Å². The molecule has 22 heavy (non-hydrogen) atoms. The van der Waals surface area contributed by atoms with Gasteiger partial charge in [-0.05, 0) is 23.0 Å². The Kier molecular flexibility index (Phi) is 5.15. The van der Waals surface area contributed by atoms with E-state index in [1.807, 2.05) is 41.5 Å². The Hall–Kier alpha value is -2.13. The summed E-state index contributed by atoms with van der Waals surface area (Å²) in [7, 11) is 0. The first-order valence-electron chi connectivity index (χ1n) is 7.09. The lowest BCUT2D eigenvalue weighted by Crippen LogP contribution is -2.19. The van der Waals surface area contributed by atoms with Crippen molar-refractivity contribution in [2.45, 2.75) is 52.4 Å². The van der Waals surface area contributed by atoms with Crippen molar-refractivity contribution >= 4 is 12.0 Å². The van der Waals surface area contributed by atoms with Gasteiger partial charge in [0.2, 0.25) is 6.08 Å². The molecular weight excluding hydrogens is 282 g/mol. The Balaban J connectivity index is 3.35.